The molecule has 0 fully saturated rings. The average molecular weight is 633 g/mol. The number of fused-ring (bicyclic) bond motifs is 2. The molecule has 0 spiro atoms. The van der Waals surface area contributed by atoms with Crippen molar-refractivity contribution in [3.05, 3.63) is 115 Å². The predicted molar refractivity (Wildman–Crippen MR) is 176 cm³/mol. The van der Waals surface area contributed by atoms with E-state index in [-0.39, 0.29) is 40.7 Å². The average Bonchev–Trinajstić information content (AvgIpc) is 3.76. The summed E-state index contributed by atoms with van der Waals surface area (Å²) in [5.74, 6) is -0.103. The molecule has 1 aliphatic heterocycles. The highest BCUT2D eigenvalue weighted by atomic mass is 16.3. The van der Waals surface area contributed by atoms with Gasteiger partial charge in [0.1, 0.15) is 17.1 Å². The van der Waals surface area contributed by atoms with Gasteiger partial charge in [-0.15, -0.1) is 0 Å². The first kappa shape index (κ1) is 29.6. The summed E-state index contributed by atoms with van der Waals surface area (Å²) in [6, 6.07) is 15.9. The predicted octanol–water partition coefficient (Wildman–Crippen LogP) is 3.85. The minimum Gasteiger partial charge on any atom is -0.508 e. The lowest BCUT2D eigenvalue weighted by atomic mass is 9.98. The molecule has 3 aromatic heterocycles. The van der Waals surface area contributed by atoms with Crippen LogP contribution in [0.1, 0.15) is 57.9 Å². The van der Waals surface area contributed by atoms with E-state index in [1.807, 2.05) is 50.2 Å². The van der Waals surface area contributed by atoms with Gasteiger partial charge in [0.2, 0.25) is 5.95 Å². The Morgan fingerprint density at radius 3 is 2.51 bits per heavy atom. The van der Waals surface area contributed by atoms with E-state index in [1.54, 1.807) is 23.2 Å². The van der Waals surface area contributed by atoms with Crippen molar-refractivity contribution in [1.82, 2.24) is 34.6 Å². The fourth-order valence-corrected chi connectivity index (χ4v) is 6.21. The van der Waals surface area contributed by atoms with Gasteiger partial charge >= 0.3 is 5.69 Å². The number of aromatic nitrogens is 6. The summed E-state index contributed by atoms with van der Waals surface area (Å²) >= 11 is 0. The fourth-order valence-electron chi connectivity index (χ4n) is 6.21. The molecule has 13 heteroatoms. The first-order valence-electron chi connectivity index (χ1n) is 15.2. The van der Waals surface area contributed by atoms with Crippen molar-refractivity contribution in [2.75, 3.05) is 5.73 Å². The molecule has 238 valence electrons. The smallest absolute Gasteiger partial charge is 0.348 e. The van der Waals surface area contributed by atoms with Crippen molar-refractivity contribution in [3.8, 4) is 28.6 Å². The number of benzene rings is 3. The summed E-state index contributed by atoms with van der Waals surface area (Å²) in [4.78, 5) is 50.2. The number of nitrogens with zero attached hydrogens (tertiary/aromatic N) is 4. The zero-order chi connectivity index (χ0) is 33.0. The van der Waals surface area contributed by atoms with Crippen LogP contribution in [-0.4, -0.2) is 50.7 Å². The number of carbonyl (C=O) groups is 1. The minimum absolute atomic E-state index is 0.0241. The van der Waals surface area contributed by atoms with Gasteiger partial charge in [-0.3, -0.25) is 14.6 Å². The number of anilines is 1. The van der Waals surface area contributed by atoms with Gasteiger partial charge in [-0.1, -0.05) is 32.0 Å². The number of aryl methyl sites for hydroxylation is 2. The molecule has 7 rings (SSSR count). The lowest BCUT2D eigenvalue weighted by molar-refractivity contribution is 0.0751. The maximum atomic E-state index is 13.5. The molecule has 0 aliphatic carbocycles. The summed E-state index contributed by atoms with van der Waals surface area (Å²) in [5.41, 5.74) is 11.1. The molecule has 0 bridgehead atoms. The molecule has 6 aromatic rings. The van der Waals surface area contributed by atoms with Crippen LogP contribution in [-0.2, 0) is 25.9 Å². The molecule has 7 N–H and O–H groups in total. The second kappa shape index (κ2) is 11.4. The number of hydrogen-bond donors (Lipinski definition) is 6. The zero-order valence-electron chi connectivity index (χ0n) is 25.7. The number of rotatable bonds is 7. The van der Waals surface area contributed by atoms with E-state index in [0.29, 0.717) is 59.3 Å². The van der Waals surface area contributed by atoms with Crippen molar-refractivity contribution < 1.29 is 15.0 Å². The van der Waals surface area contributed by atoms with Gasteiger partial charge in [-0.2, -0.15) is 10.1 Å². The van der Waals surface area contributed by atoms with E-state index in [4.69, 9.17) is 5.73 Å². The highest BCUT2D eigenvalue weighted by molar-refractivity contribution is 5.94. The standard InChI is InChI=1S/C34H32N8O5/c1-17(2)24-12-25(27(44)13-26(24)43)30-39-40-34(47)42(30)23-10-9-21-15-41(16-22(21)11-23)32(46)19-6-3-18(4-7-19)5-8-20-14-36-29-28(20)31(45)38-33(35)37-29/h3-4,6-7,9-14,17,43-44H,5,8,15-16H2,1-2H3,(H,40,47)(H4,35,36,37,38,45). The molecule has 47 heavy (non-hydrogen) atoms. The van der Waals surface area contributed by atoms with Crippen LogP contribution in [0.4, 0.5) is 5.95 Å². The summed E-state index contributed by atoms with van der Waals surface area (Å²) in [6.07, 6.45) is 3.04. The summed E-state index contributed by atoms with van der Waals surface area (Å²) in [6.45, 7) is 4.62. The topological polar surface area (TPSA) is 199 Å². The third-order valence-electron chi connectivity index (χ3n) is 8.66. The summed E-state index contributed by atoms with van der Waals surface area (Å²) in [5, 5.41) is 28.1. The SMILES string of the molecule is CC(C)c1cc(-c2n[nH]c(=O)n2-c2ccc3c(c2)CN(C(=O)c2ccc(CCc4c[nH]c5nc(N)[nH]c(=O)c45)cc2)C3)c(O)cc1O. The van der Waals surface area contributed by atoms with Gasteiger partial charge < -0.3 is 25.8 Å². The molecule has 0 radical (unpaired) electrons. The maximum absolute atomic E-state index is 13.5. The van der Waals surface area contributed by atoms with Crippen molar-refractivity contribution >= 4 is 22.9 Å². The largest absolute Gasteiger partial charge is 0.508 e. The summed E-state index contributed by atoms with van der Waals surface area (Å²) < 4.78 is 1.37. The van der Waals surface area contributed by atoms with Crippen LogP contribution < -0.4 is 17.0 Å². The molecular weight excluding hydrogens is 600 g/mol. The van der Waals surface area contributed by atoms with Gasteiger partial charge in [-0.25, -0.2) is 14.5 Å². The molecule has 13 nitrogen and oxygen atoms in total. The van der Waals surface area contributed by atoms with E-state index >= 15 is 0 Å². The highest BCUT2D eigenvalue weighted by Gasteiger charge is 2.26. The Labute approximate surface area is 267 Å². The molecule has 1 amide bonds. The highest BCUT2D eigenvalue weighted by Crippen LogP contribution is 2.37. The van der Waals surface area contributed by atoms with Crippen molar-refractivity contribution in [1.29, 1.82) is 0 Å². The first-order valence-corrected chi connectivity index (χ1v) is 15.2. The molecule has 0 atom stereocenters. The molecule has 0 saturated heterocycles. The lowest BCUT2D eigenvalue weighted by Crippen LogP contribution is -2.25. The monoisotopic (exact) mass is 632 g/mol. The van der Waals surface area contributed by atoms with E-state index in [1.165, 1.54) is 10.6 Å². The number of phenolic OH excluding ortho intramolecular Hbond substituents is 2. The Bertz CT molecular complexity index is 2290. The quantitative estimate of drug-likeness (QED) is 0.152. The van der Waals surface area contributed by atoms with Gasteiger partial charge in [0.05, 0.1) is 16.6 Å². The van der Waals surface area contributed by atoms with Gasteiger partial charge in [0, 0.05) is 30.9 Å². The van der Waals surface area contributed by atoms with Crippen LogP contribution in [0.2, 0.25) is 0 Å². The molecule has 3 aromatic carbocycles. The van der Waals surface area contributed by atoms with Crippen LogP contribution in [0.3, 0.4) is 0 Å². The number of aromatic amines is 3. The first-order chi connectivity index (χ1) is 22.6. The van der Waals surface area contributed by atoms with Crippen molar-refractivity contribution in [2.45, 2.75) is 45.7 Å². The Morgan fingerprint density at radius 1 is 0.979 bits per heavy atom. The van der Waals surface area contributed by atoms with Crippen LogP contribution in [0, 0.1) is 0 Å². The number of amides is 1. The van der Waals surface area contributed by atoms with Gasteiger partial charge in [0.15, 0.2) is 5.82 Å². The number of hydrogen-bond acceptors (Lipinski definition) is 8. The zero-order valence-corrected chi connectivity index (χ0v) is 25.7. The number of aromatic hydroxyl groups is 2. The molecule has 4 heterocycles. The number of nitrogen functional groups attached to an aromatic ring is 1. The minimum atomic E-state index is -0.484. The number of nitrogens with one attached hydrogen (secondary N) is 3. The van der Waals surface area contributed by atoms with E-state index < -0.39 is 5.69 Å². The molecule has 0 unspecified atom stereocenters. The molecule has 1 aliphatic rings. The molecular formula is C34H32N8O5. The van der Waals surface area contributed by atoms with Crippen LogP contribution in [0.25, 0.3) is 28.1 Å². The number of nitrogens with two attached hydrogens (primary N) is 1. The normalized spacial score (nSPS) is 12.7. The fraction of sp³-hybridized carbons (Fsp3) is 0.206. The van der Waals surface area contributed by atoms with Crippen LogP contribution in [0.15, 0.2) is 70.4 Å². The van der Waals surface area contributed by atoms with Crippen molar-refractivity contribution in [2.24, 2.45) is 0 Å². The maximum Gasteiger partial charge on any atom is 0.348 e. The van der Waals surface area contributed by atoms with E-state index in [0.717, 1.165) is 22.3 Å². The van der Waals surface area contributed by atoms with Gasteiger partial charge in [0.25, 0.3) is 11.5 Å². The van der Waals surface area contributed by atoms with E-state index in [2.05, 4.69) is 25.1 Å². The number of carbonyl (C=O) groups excluding carboxylic acids is 1. The van der Waals surface area contributed by atoms with Crippen molar-refractivity contribution in [3.63, 3.8) is 0 Å². The van der Waals surface area contributed by atoms with E-state index in [9.17, 15) is 24.6 Å². The third-order valence-corrected chi connectivity index (χ3v) is 8.66. The number of phenols is 2. The Hall–Kier alpha value is -6.11. The lowest BCUT2D eigenvalue weighted by Gasteiger charge is -2.15. The molecule has 0 saturated carbocycles. The second-order valence-corrected chi connectivity index (χ2v) is 12.1. The second-order valence-electron chi connectivity index (χ2n) is 12.1. The Morgan fingerprint density at radius 2 is 1.74 bits per heavy atom. The van der Waals surface area contributed by atoms with Crippen LogP contribution >= 0.6 is 0 Å². The Kier molecular flexibility index (Phi) is 7.15. The van der Waals surface area contributed by atoms with Gasteiger partial charge in [-0.05, 0) is 76.9 Å². The van der Waals surface area contributed by atoms with Crippen LogP contribution in [0.5, 0.6) is 11.5 Å². The summed E-state index contributed by atoms with van der Waals surface area (Å²) in [7, 11) is 0. The number of H-pyrrole nitrogens is 3. The third kappa shape index (κ3) is 5.31. The Balaban J connectivity index is 1.07.